The Hall–Kier alpha value is -2.50. The van der Waals surface area contributed by atoms with Crippen LogP contribution in [0.15, 0.2) is 29.2 Å². The zero-order chi connectivity index (χ0) is 24.1. The summed E-state index contributed by atoms with van der Waals surface area (Å²) in [7, 11) is -3.53. The van der Waals surface area contributed by atoms with E-state index >= 15 is 0 Å². The van der Waals surface area contributed by atoms with Gasteiger partial charge < -0.3 is 20.8 Å². The van der Waals surface area contributed by atoms with Gasteiger partial charge in [-0.2, -0.15) is 4.31 Å². The quantitative estimate of drug-likeness (QED) is 0.332. The first-order valence-electron chi connectivity index (χ1n) is 10.7. The molecule has 1 fully saturated rings. The minimum absolute atomic E-state index is 0.147. The monoisotopic (exact) mass is 471 g/mol. The molecule has 1 aliphatic carbocycles. The van der Waals surface area contributed by atoms with Crippen molar-refractivity contribution in [2.24, 2.45) is 0 Å². The predicted octanol–water partition coefficient (Wildman–Crippen LogP) is 2.12. The molecule has 1 aromatic carbocycles. The van der Waals surface area contributed by atoms with Crippen LogP contribution in [0.4, 0.5) is 5.69 Å². The summed E-state index contributed by atoms with van der Waals surface area (Å²) in [6, 6.07) is 6.86. The van der Waals surface area contributed by atoms with Crippen molar-refractivity contribution < 1.29 is 33.0 Å². The number of anilines is 1. The van der Waals surface area contributed by atoms with Crippen LogP contribution < -0.4 is 10.6 Å². The third kappa shape index (κ3) is 9.33. The Morgan fingerprint density at radius 3 is 2.06 bits per heavy atom. The number of rotatable bonds is 8. The largest absolute Gasteiger partial charge is 0.473 e. The molecule has 0 saturated heterocycles. The number of nitrogens with one attached hydrogen (secondary N) is 2. The minimum Gasteiger partial charge on any atom is -0.473 e. The Bertz CT molecular complexity index is 850. The van der Waals surface area contributed by atoms with Gasteiger partial charge in [0.15, 0.2) is 0 Å². The average molecular weight is 472 g/mol. The molecule has 1 amide bonds. The molecular formula is C21H33N3O7S. The fraction of sp³-hybridized carbons (Fsp3) is 0.571. The lowest BCUT2D eigenvalue weighted by molar-refractivity contribution is -0.159. The summed E-state index contributed by atoms with van der Waals surface area (Å²) in [5.74, 6) is -3.79. The van der Waals surface area contributed by atoms with Crippen LogP contribution in [0.1, 0.15) is 52.4 Å². The van der Waals surface area contributed by atoms with Crippen molar-refractivity contribution in [2.45, 2.75) is 63.3 Å². The third-order valence-electron chi connectivity index (χ3n) is 5.05. The molecule has 180 valence electrons. The van der Waals surface area contributed by atoms with E-state index < -0.39 is 22.0 Å². The number of sulfonamides is 1. The molecule has 4 N–H and O–H groups in total. The van der Waals surface area contributed by atoms with E-state index in [4.69, 9.17) is 19.8 Å². The molecule has 1 aliphatic rings. The molecule has 0 aromatic heterocycles. The summed E-state index contributed by atoms with van der Waals surface area (Å²) < 4.78 is 26.6. The van der Waals surface area contributed by atoms with Gasteiger partial charge in [0, 0.05) is 24.8 Å². The van der Waals surface area contributed by atoms with Gasteiger partial charge in [-0.05, 0) is 31.0 Å². The number of nitrogens with zero attached hydrogens (tertiary/aromatic N) is 1. The van der Waals surface area contributed by atoms with Gasteiger partial charge >= 0.3 is 11.9 Å². The van der Waals surface area contributed by atoms with Crippen LogP contribution in [0.5, 0.6) is 0 Å². The number of hydrogen-bond donors (Lipinski definition) is 4. The molecule has 2 rings (SSSR count). The van der Waals surface area contributed by atoms with E-state index in [1.807, 2.05) is 13.8 Å². The van der Waals surface area contributed by atoms with Gasteiger partial charge in [0.05, 0.1) is 11.4 Å². The smallest absolute Gasteiger partial charge is 0.414 e. The number of benzene rings is 1. The minimum atomic E-state index is -3.53. The summed E-state index contributed by atoms with van der Waals surface area (Å²) in [6.07, 6.45) is 7.21. The maximum atomic E-state index is 12.6. The maximum absolute atomic E-state index is 12.6. The van der Waals surface area contributed by atoms with Gasteiger partial charge in [0.2, 0.25) is 15.9 Å². The van der Waals surface area contributed by atoms with Crippen LogP contribution in [-0.4, -0.2) is 66.5 Å². The third-order valence-corrected chi connectivity index (χ3v) is 7.10. The highest BCUT2D eigenvalue weighted by Crippen LogP contribution is 2.20. The summed E-state index contributed by atoms with van der Waals surface area (Å²) in [4.78, 5) is 30.6. The summed E-state index contributed by atoms with van der Waals surface area (Å²) >= 11 is 0. The van der Waals surface area contributed by atoms with Crippen LogP contribution in [-0.2, 0) is 24.4 Å². The molecule has 10 nitrogen and oxygen atoms in total. The Morgan fingerprint density at radius 1 is 1.00 bits per heavy atom. The first-order chi connectivity index (χ1) is 15.1. The number of carbonyl (C=O) groups excluding carboxylic acids is 1. The van der Waals surface area contributed by atoms with Crippen molar-refractivity contribution in [1.82, 2.24) is 9.62 Å². The molecule has 0 bridgehead atoms. The van der Waals surface area contributed by atoms with Crippen LogP contribution in [0.2, 0.25) is 0 Å². The van der Waals surface area contributed by atoms with E-state index in [1.54, 1.807) is 18.2 Å². The molecule has 0 aliphatic heterocycles. The van der Waals surface area contributed by atoms with Crippen molar-refractivity contribution in [1.29, 1.82) is 0 Å². The molecule has 0 heterocycles. The second-order valence-corrected chi connectivity index (χ2v) is 9.28. The lowest BCUT2D eigenvalue weighted by Crippen LogP contribution is -2.35. The zero-order valence-corrected chi connectivity index (χ0v) is 19.4. The lowest BCUT2D eigenvalue weighted by atomic mass is 10.1. The van der Waals surface area contributed by atoms with Crippen molar-refractivity contribution in [2.75, 3.05) is 25.0 Å². The molecule has 0 atom stereocenters. The van der Waals surface area contributed by atoms with E-state index in [-0.39, 0.29) is 17.3 Å². The molecular weight excluding hydrogens is 438 g/mol. The summed E-state index contributed by atoms with van der Waals surface area (Å²) in [6.45, 7) is 4.71. The fourth-order valence-corrected chi connectivity index (χ4v) is 4.88. The van der Waals surface area contributed by atoms with E-state index in [0.717, 1.165) is 12.8 Å². The number of hydrogen-bond acceptors (Lipinski definition) is 6. The van der Waals surface area contributed by atoms with Crippen LogP contribution in [0.3, 0.4) is 0 Å². The highest BCUT2D eigenvalue weighted by atomic mass is 32.2. The van der Waals surface area contributed by atoms with E-state index in [0.29, 0.717) is 24.8 Å². The van der Waals surface area contributed by atoms with E-state index in [1.165, 1.54) is 36.1 Å². The number of carbonyl (C=O) groups is 3. The summed E-state index contributed by atoms with van der Waals surface area (Å²) in [5.41, 5.74) is 0.505. The number of amides is 1. The second-order valence-electron chi connectivity index (χ2n) is 7.35. The van der Waals surface area contributed by atoms with E-state index in [9.17, 15) is 13.2 Å². The Morgan fingerprint density at radius 2 is 1.56 bits per heavy atom. The fourth-order valence-electron chi connectivity index (χ4n) is 3.37. The van der Waals surface area contributed by atoms with Gasteiger partial charge in [-0.15, -0.1) is 0 Å². The zero-order valence-electron chi connectivity index (χ0n) is 18.5. The average Bonchev–Trinajstić information content (AvgIpc) is 3.02. The number of carboxylic acid groups (broad SMARTS) is 2. The van der Waals surface area contributed by atoms with Crippen LogP contribution >= 0.6 is 0 Å². The van der Waals surface area contributed by atoms with Crippen molar-refractivity contribution in [3.8, 4) is 0 Å². The van der Waals surface area contributed by atoms with Gasteiger partial charge in [0.1, 0.15) is 0 Å². The molecule has 0 radical (unpaired) electrons. The first-order valence-corrected chi connectivity index (χ1v) is 12.1. The molecule has 1 saturated carbocycles. The maximum Gasteiger partial charge on any atom is 0.414 e. The van der Waals surface area contributed by atoms with Crippen LogP contribution in [0, 0.1) is 0 Å². The highest BCUT2D eigenvalue weighted by molar-refractivity contribution is 7.89. The first kappa shape index (κ1) is 27.5. The molecule has 1 aromatic rings. The highest BCUT2D eigenvalue weighted by Gasteiger charge is 2.22. The molecule has 0 unspecified atom stereocenters. The van der Waals surface area contributed by atoms with Crippen LogP contribution in [0.25, 0.3) is 0 Å². The standard InChI is InChI=1S/C19H31N3O3S.C2H2O4/c1-3-22(4-2)26(24,25)18-13-9-12-17(14-18)21-19(23)15-20-16-10-7-5-6-8-11-16;3-1(4)2(5)6/h9,12-14,16,20H,3-8,10-11,15H2,1-2H3,(H,21,23);(H,3,4)(H,5,6). The normalized spacial score (nSPS) is 14.7. The van der Waals surface area contributed by atoms with E-state index in [2.05, 4.69) is 10.6 Å². The van der Waals surface area contributed by atoms with Crippen molar-refractivity contribution in [3.05, 3.63) is 24.3 Å². The van der Waals surface area contributed by atoms with Gasteiger partial charge in [-0.25, -0.2) is 18.0 Å². The second kappa shape index (κ2) is 13.8. The molecule has 32 heavy (non-hydrogen) atoms. The number of carboxylic acids is 2. The summed E-state index contributed by atoms with van der Waals surface area (Å²) in [5, 5.41) is 20.9. The van der Waals surface area contributed by atoms with Gasteiger partial charge in [-0.3, -0.25) is 4.79 Å². The Labute approximate surface area is 189 Å². The predicted molar refractivity (Wildman–Crippen MR) is 120 cm³/mol. The Balaban J connectivity index is 0.000000751. The number of aliphatic carboxylic acids is 2. The van der Waals surface area contributed by atoms with Gasteiger partial charge in [-0.1, -0.05) is 45.6 Å². The lowest BCUT2D eigenvalue weighted by Gasteiger charge is -2.19. The van der Waals surface area contributed by atoms with Crippen molar-refractivity contribution in [3.63, 3.8) is 0 Å². The topological polar surface area (TPSA) is 153 Å². The van der Waals surface area contributed by atoms with Crippen molar-refractivity contribution >= 4 is 33.6 Å². The Kier molecular flexibility index (Phi) is 11.9. The van der Waals surface area contributed by atoms with Gasteiger partial charge in [0.25, 0.3) is 0 Å². The molecule has 0 spiro atoms. The SMILES string of the molecule is CCN(CC)S(=O)(=O)c1cccc(NC(=O)CNC2CCCCCC2)c1.O=C(O)C(=O)O. The molecule has 11 heteroatoms.